The third kappa shape index (κ3) is 2.96. The number of nitrogen functional groups attached to an aromatic ring is 1. The summed E-state index contributed by atoms with van der Waals surface area (Å²) in [7, 11) is 1.61. The van der Waals surface area contributed by atoms with E-state index in [-0.39, 0.29) is 0 Å². The van der Waals surface area contributed by atoms with Gasteiger partial charge in [0.1, 0.15) is 6.61 Å². The van der Waals surface area contributed by atoms with E-state index in [1.807, 2.05) is 12.1 Å². The van der Waals surface area contributed by atoms with Crippen molar-refractivity contribution in [3.8, 4) is 11.5 Å². The van der Waals surface area contributed by atoms with Gasteiger partial charge >= 0.3 is 0 Å². The average Bonchev–Trinajstić information content (AvgIpc) is 2.85. The lowest BCUT2D eigenvalue weighted by Crippen LogP contribution is -1.97. The van der Waals surface area contributed by atoms with Crippen molar-refractivity contribution in [2.24, 2.45) is 0 Å². The van der Waals surface area contributed by atoms with Crippen molar-refractivity contribution in [3.05, 3.63) is 40.1 Å². The van der Waals surface area contributed by atoms with Gasteiger partial charge in [-0.2, -0.15) is 0 Å². The molecule has 2 rings (SSSR count). The third-order valence-corrected chi connectivity index (χ3v) is 3.83. The van der Waals surface area contributed by atoms with E-state index >= 15 is 0 Å². The number of anilines is 1. The number of rotatable bonds is 5. The van der Waals surface area contributed by atoms with Crippen molar-refractivity contribution >= 4 is 17.0 Å². The Bertz CT molecular complexity index is 522. The topological polar surface area (TPSA) is 44.5 Å². The van der Waals surface area contributed by atoms with Crippen LogP contribution in [0.5, 0.6) is 11.5 Å². The first kappa shape index (κ1) is 12.8. The summed E-state index contributed by atoms with van der Waals surface area (Å²) in [5.74, 6) is 1.39. The Hall–Kier alpha value is -1.68. The van der Waals surface area contributed by atoms with E-state index in [0.717, 1.165) is 12.2 Å². The molecule has 2 aromatic rings. The minimum Gasteiger partial charge on any atom is -0.493 e. The summed E-state index contributed by atoms with van der Waals surface area (Å²) in [6.45, 7) is 2.71. The van der Waals surface area contributed by atoms with Crippen molar-refractivity contribution in [2.45, 2.75) is 20.0 Å². The summed E-state index contributed by atoms with van der Waals surface area (Å²) in [6, 6.07) is 9.66. The lowest BCUT2D eigenvalue weighted by Gasteiger charge is -2.10. The molecule has 1 heterocycles. The Kier molecular flexibility index (Phi) is 4.10. The van der Waals surface area contributed by atoms with Crippen LogP contribution in [-0.4, -0.2) is 7.11 Å². The second-order valence-corrected chi connectivity index (χ2v) is 5.17. The summed E-state index contributed by atoms with van der Waals surface area (Å²) in [4.78, 5) is 2.59. The van der Waals surface area contributed by atoms with Gasteiger partial charge in [0.25, 0.3) is 0 Å². The van der Waals surface area contributed by atoms with Gasteiger partial charge in [-0.25, -0.2) is 0 Å². The van der Waals surface area contributed by atoms with Crippen LogP contribution in [0.25, 0.3) is 0 Å². The number of aryl methyl sites for hydroxylation is 1. The van der Waals surface area contributed by atoms with E-state index in [1.165, 1.54) is 9.75 Å². The monoisotopic (exact) mass is 263 g/mol. The molecule has 0 unspecified atom stereocenters. The highest BCUT2D eigenvalue weighted by atomic mass is 32.1. The molecule has 0 saturated carbocycles. The fraction of sp³-hybridized carbons (Fsp3) is 0.286. The zero-order chi connectivity index (χ0) is 13.0. The molecule has 1 aromatic heterocycles. The lowest BCUT2D eigenvalue weighted by molar-refractivity contribution is 0.287. The molecule has 1 aromatic carbocycles. The number of hydrogen-bond acceptors (Lipinski definition) is 4. The standard InChI is InChI=1S/C14H17NO2S/c1-3-11-5-6-12(18-11)9-17-13-7-4-10(15)8-14(13)16-2/h4-8H,3,9,15H2,1-2H3. The second-order valence-electron chi connectivity index (χ2n) is 3.92. The SMILES string of the molecule is CCc1ccc(COc2ccc(N)cc2OC)s1. The van der Waals surface area contributed by atoms with Gasteiger partial charge in [0, 0.05) is 21.5 Å². The zero-order valence-electron chi connectivity index (χ0n) is 10.6. The minimum atomic E-state index is 0.560. The summed E-state index contributed by atoms with van der Waals surface area (Å²) < 4.78 is 11.0. The van der Waals surface area contributed by atoms with Gasteiger partial charge in [0.05, 0.1) is 7.11 Å². The molecule has 0 fully saturated rings. The van der Waals surface area contributed by atoms with Crippen molar-refractivity contribution < 1.29 is 9.47 Å². The van der Waals surface area contributed by atoms with Gasteiger partial charge in [-0.1, -0.05) is 6.92 Å². The third-order valence-electron chi connectivity index (χ3n) is 2.62. The molecular weight excluding hydrogens is 246 g/mol. The number of benzene rings is 1. The van der Waals surface area contributed by atoms with Crippen molar-refractivity contribution in [3.63, 3.8) is 0 Å². The van der Waals surface area contributed by atoms with Crippen LogP contribution in [-0.2, 0) is 13.0 Å². The fourth-order valence-electron chi connectivity index (χ4n) is 1.64. The van der Waals surface area contributed by atoms with Crippen LogP contribution in [0.4, 0.5) is 5.69 Å². The molecule has 4 heteroatoms. The maximum absolute atomic E-state index is 5.76. The smallest absolute Gasteiger partial charge is 0.162 e. The van der Waals surface area contributed by atoms with E-state index < -0.39 is 0 Å². The molecule has 0 amide bonds. The van der Waals surface area contributed by atoms with E-state index in [0.29, 0.717) is 18.0 Å². The first-order valence-electron chi connectivity index (χ1n) is 5.87. The fourth-order valence-corrected chi connectivity index (χ4v) is 2.51. The summed E-state index contributed by atoms with van der Waals surface area (Å²) in [6.07, 6.45) is 1.07. The average molecular weight is 263 g/mol. The molecule has 0 atom stereocenters. The number of ether oxygens (including phenoxy) is 2. The molecule has 0 aliphatic rings. The van der Waals surface area contributed by atoms with Crippen LogP contribution in [0.1, 0.15) is 16.7 Å². The molecular formula is C14H17NO2S. The van der Waals surface area contributed by atoms with Crippen molar-refractivity contribution in [1.29, 1.82) is 0 Å². The predicted molar refractivity (Wildman–Crippen MR) is 75.4 cm³/mol. The maximum Gasteiger partial charge on any atom is 0.162 e. The summed E-state index contributed by atoms with van der Waals surface area (Å²) in [5.41, 5.74) is 6.37. The normalized spacial score (nSPS) is 10.3. The van der Waals surface area contributed by atoms with Gasteiger partial charge in [0.15, 0.2) is 11.5 Å². The number of methoxy groups -OCH3 is 1. The number of nitrogens with two attached hydrogens (primary N) is 1. The Labute approximate surface area is 111 Å². The van der Waals surface area contributed by atoms with Gasteiger partial charge in [-0.05, 0) is 30.7 Å². The second kappa shape index (κ2) is 5.78. The van der Waals surface area contributed by atoms with E-state index in [1.54, 1.807) is 24.5 Å². The Balaban J connectivity index is 2.05. The Morgan fingerprint density at radius 1 is 1.11 bits per heavy atom. The van der Waals surface area contributed by atoms with Crippen LogP contribution in [0, 0.1) is 0 Å². The quantitative estimate of drug-likeness (QED) is 0.840. The van der Waals surface area contributed by atoms with Gasteiger partial charge in [0.2, 0.25) is 0 Å². The summed E-state index contributed by atoms with van der Waals surface area (Å²) >= 11 is 1.78. The minimum absolute atomic E-state index is 0.560. The van der Waals surface area contributed by atoms with Crippen LogP contribution >= 0.6 is 11.3 Å². The van der Waals surface area contributed by atoms with Gasteiger partial charge in [-0.3, -0.25) is 0 Å². The number of thiophene rings is 1. The van der Waals surface area contributed by atoms with Crippen LogP contribution in [0.15, 0.2) is 30.3 Å². The Morgan fingerprint density at radius 3 is 2.56 bits per heavy atom. The highest BCUT2D eigenvalue weighted by molar-refractivity contribution is 7.11. The predicted octanol–water partition coefficient (Wildman–Crippen LogP) is 3.48. The van der Waals surface area contributed by atoms with E-state index in [4.69, 9.17) is 15.2 Å². The van der Waals surface area contributed by atoms with E-state index in [9.17, 15) is 0 Å². The lowest BCUT2D eigenvalue weighted by atomic mass is 10.3. The molecule has 18 heavy (non-hydrogen) atoms. The molecule has 0 radical (unpaired) electrons. The molecule has 0 aliphatic carbocycles. The maximum atomic E-state index is 5.76. The molecule has 0 spiro atoms. The highest BCUT2D eigenvalue weighted by Gasteiger charge is 2.06. The molecule has 0 bridgehead atoms. The molecule has 96 valence electrons. The molecule has 0 aliphatic heterocycles. The highest BCUT2D eigenvalue weighted by Crippen LogP contribution is 2.30. The molecule has 2 N–H and O–H groups in total. The van der Waals surface area contributed by atoms with E-state index in [2.05, 4.69) is 19.1 Å². The molecule has 3 nitrogen and oxygen atoms in total. The van der Waals surface area contributed by atoms with Crippen LogP contribution in [0.2, 0.25) is 0 Å². The zero-order valence-corrected chi connectivity index (χ0v) is 11.4. The molecule has 0 saturated heterocycles. The summed E-state index contributed by atoms with van der Waals surface area (Å²) in [5, 5.41) is 0. The first-order valence-corrected chi connectivity index (χ1v) is 6.68. The first-order chi connectivity index (χ1) is 8.72. The van der Waals surface area contributed by atoms with Gasteiger partial charge in [-0.15, -0.1) is 11.3 Å². The van der Waals surface area contributed by atoms with Crippen LogP contribution < -0.4 is 15.2 Å². The van der Waals surface area contributed by atoms with Crippen molar-refractivity contribution in [1.82, 2.24) is 0 Å². The van der Waals surface area contributed by atoms with Crippen molar-refractivity contribution in [2.75, 3.05) is 12.8 Å². The van der Waals surface area contributed by atoms with Crippen LogP contribution in [0.3, 0.4) is 0 Å². The van der Waals surface area contributed by atoms with Gasteiger partial charge < -0.3 is 15.2 Å². The Morgan fingerprint density at radius 2 is 1.89 bits per heavy atom. The largest absolute Gasteiger partial charge is 0.493 e. The number of hydrogen-bond donors (Lipinski definition) is 1.